The van der Waals surface area contributed by atoms with Gasteiger partial charge in [0.2, 0.25) is 0 Å². The summed E-state index contributed by atoms with van der Waals surface area (Å²) in [5.74, 6) is 0.766. The Morgan fingerprint density at radius 1 is 1.42 bits per heavy atom. The number of benzene rings is 1. The second kappa shape index (κ2) is 7.29. The first-order valence-corrected chi connectivity index (χ1v) is 8.03. The van der Waals surface area contributed by atoms with E-state index in [4.69, 9.17) is 16.3 Å². The number of nitrogens with one attached hydrogen (secondary N) is 1. The van der Waals surface area contributed by atoms with Crippen molar-refractivity contribution >= 4 is 38.9 Å². The molecule has 1 aromatic carbocycles. The van der Waals surface area contributed by atoms with Gasteiger partial charge in [0.05, 0.1) is 5.02 Å². The Balaban J connectivity index is 1.77. The molecule has 0 aliphatic heterocycles. The van der Waals surface area contributed by atoms with Crippen LogP contribution in [-0.4, -0.2) is 13.2 Å². The number of halogens is 2. The van der Waals surface area contributed by atoms with Gasteiger partial charge in [0.25, 0.3) is 0 Å². The van der Waals surface area contributed by atoms with E-state index >= 15 is 0 Å². The smallest absolute Gasteiger partial charge is 0.140 e. The average molecular weight is 361 g/mol. The van der Waals surface area contributed by atoms with E-state index in [2.05, 4.69) is 38.8 Å². The van der Waals surface area contributed by atoms with Gasteiger partial charge in [-0.1, -0.05) is 33.6 Å². The van der Waals surface area contributed by atoms with Crippen LogP contribution in [0.2, 0.25) is 5.02 Å². The molecule has 0 spiro atoms. The predicted octanol–water partition coefficient (Wildman–Crippen LogP) is 4.64. The standard InChI is InChI=1S/C14H15BrClNOS/c1-10-7-11(15)8-13(16)14(10)18-5-4-17-9-12-3-2-6-19-12/h2-3,6-8,17H,4-5,9H2,1H3. The second-order valence-electron chi connectivity index (χ2n) is 4.14. The van der Waals surface area contributed by atoms with Crippen molar-refractivity contribution in [1.82, 2.24) is 5.32 Å². The summed E-state index contributed by atoms with van der Waals surface area (Å²) in [4.78, 5) is 1.33. The molecule has 0 aliphatic carbocycles. The molecule has 0 radical (unpaired) electrons. The summed E-state index contributed by atoms with van der Waals surface area (Å²) in [5, 5.41) is 6.07. The molecule has 2 aromatic rings. The number of hydrogen-bond acceptors (Lipinski definition) is 3. The van der Waals surface area contributed by atoms with Gasteiger partial charge in [0, 0.05) is 22.4 Å². The minimum absolute atomic E-state index is 0.605. The summed E-state index contributed by atoms with van der Waals surface area (Å²) in [6.45, 7) is 4.27. The van der Waals surface area contributed by atoms with Crippen molar-refractivity contribution in [3.05, 3.63) is 49.6 Å². The number of hydrogen-bond donors (Lipinski definition) is 1. The van der Waals surface area contributed by atoms with Crippen molar-refractivity contribution < 1.29 is 4.74 Å². The third-order valence-corrected chi connectivity index (χ3v) is 4.21. The highest BCUT2D eigenvalue weighted by Gasteiger charge is 2.06. The number of aryl methyl sites for hydroxylation is 1. The molecule has 1 aromatic heterocycles. The van der Waals surface area contributed by atoms with E-state index in [0.717, 1.165) is 28.9 Å². The fraction of sp³-hybridized carbons (Fsp3) is 0.286. The van der Waals surface area contributed by atoms with Gasteiger partial charge in [-0.2, -0.15) is 0 Å². The molecule has 1 N–H and O–H groups in total. The molecule has 0 saturated carbocycles. The zero-order valence-electron chi connectivity index (χ0n) is 10.6. The molecule has 0 unspecified atom stereocenters. The van der Waals surface area contributed by atoms with Crippen LogP contribution in [0.15, 0.2) is 34.1 Å². The van der Waals surface area contributed by atoms with Crippen LogP contribution in [0.1, 0.15) is 10.4 Å². The third-order valence-electron chi connectivity index (χ3n) is 2.60. The quantitative estimate of drug-likeness (QED) is 0.758. The van der Waals surface area contributed by atoms with Crippen LogP contribution in [0, 0.1) is 6.92 Å². The van der Waals surface area contributed by atoms with E-state index in [1.54, 1.807) is 11.3 Å². The highest BCUT2D eigenvalue weighted by Crippen LogP contribution is 2.31. The molecule has 19 heavy (non-hydrogen) atoms. The van der Waals surface area contributed by atoms with E-state index in [-0.39, 0.29) is 0 Å². The summed E-state index contributed by atoms with van der Waals surface area (Å²) >= 11 is 11.3. The molecule has 0 atom stereocenters. The predicted molar refractivity (Wildman–Crippen MR) is 85.4 cm³/mol. The van der Waals surface area contributed by atoms with Gasteiger partial charge in [0.1, 0.15) is 12.4 Å². The van der Waals surface area contributed by atoms with E-state index in [1.807, 2.05) is 19.1 Å². The molecule has 102 valence electrons. The lowest BCUT2D eigenvalue weighted by atomic mass is 10.2. The SMILES string of the molecule is Cc1cc(Br)cc(Cl)c1OCCNCc1cccs1. The Bertz CT molecular complexity index is 507. The first kappa shape index (κ1) is 14.9. The highest BCUT2D eigenvalue weighted by atomic mass is 79.9. The summed E-state index contributed by atoms with van der Waals surface area (Å²) in [5.41, 5.74) is 1.04. The van der Waals surface area contributed by atoms with Crippen molar-refractivity contribution in [3.63, 3.8) is 0 Å². The molecule has 0 saturated heterocycles. The van der Waals surface area contributed by atoms with E-state index < -0.39 is 0 Å². The Labute approximate surface area is 130 Å². The maximum absolute atomic E-state index is 6.16. The molecular weight excluding hydrogens is 346 g/mol. The van der Waals surface area contributed by atoms with Crippen LogP contribution in [0.4, 0.5) is 0 Å². The lowest BCUT2D eigenvalue weighted by Gasteiger charge is -2.11. The maximum atomic E-state index is 6.16. The first-order valence-electron chi connectivity index (χ1n) is 5.98. The van der Waals surface area contributed by atoms with Gasteiger partial charge >= 0.3 is 0 Å². The topological polar surface area (TPSA) is 21.3 Å². The van der Waals surface area contributed by atoms with Crippen LogP contribution >= 0.6 is 38.9 Å². The summed E-state index contributed by atoms with van der Waals surface area (Å²) in [7, 11) is 0. The van der Waals surface area contributed by atoms with Crippen molar-refractivity contribution in [2.45, 2.75) is 13.5 Å². The molecule has 1 heterocycles. The normalized spacial score (nSPS) is 10.7. The monoisotopic (exact) mass is 359 g/mol. The van der Waals surface area contributed by atoms with Crippen molar-refractivity contribution in [3.8, 4) is 5.75 Å². The fourth-order valence-corrected chi connectivity index (χ4v) is 3.42. The highest BCUT2D eigenvalue weighted by molar-refractivity contribution is 9.10. The average Bonchev–Trinajstić information content (AvgIpc) is 2.84. The molecule has 0 aliphatic rings. The Morgan fingerprint density at radius 3 is 2.95 bits per heavy atom. The van der Waals surface area contributed by atoms with Gasteiger partial charge < -0.3 is 10.1 Å². The van der Waals surface area contributed by atoms with Gasteiger partial charge in [-0.05, 0) is 36.1 Å². The van der Waals surface area contributed by atoms with Gasteiger partial charge in [-0.25, -0.2) is 0 Å². The number of ether oxygens (including phenoxy) is 1. The van der Waals surface area contributed by atoms with Crippen LogP contribution in [0.3, 0.4) is 0 Å². The minimum Gasteiger partial charge on any atom is -0.490 e. The van der Waals surface area contributed by atoms with Gasteiger partial charge in [0.15, 0.2) is 0 Å². The Hall–Kier alpha value is -0.550. The van der Waals surface area contributed by atoms with E-state index in [9.17, 15) is 0 Å². The van der Waals surface area contributed by atoms with Crippen LogP contribution in [0.5, 0.6) is 5.75 Å². The van der Waals surface area contributed by atoms with Crippen molar-refractivity contribution in [2.75, 3.05) is 13.2 Å². The third kappa shape index (κ3) is 4.49. The van der Waals surface area contributed by atoms with Crippen molar-refractivity contribution in [1.29, 1.82) is 0 Å². The molecule has 2 nitrogen and oxygen atoms in total. The molecule has 0 amide bonds. The molecule has 0 fully saturated rings. The van der Waals surface area contributed by atoms with E-state index in [1.165, 1.54) is 4.88 Å². The van der Waals surface area contributed by atoms with Crippen LogP contribution < -0.4 is 10.1 Å². The zero-order valence-corrected chi connectivity index (χ0v) is 13.7. The first-order chi connectivity index (χ1) is 9.16. The van der Waals surface area contributed by atoms with Gasteiger partial charge in [-0.15, -0.1) is 11.3 Å². The number of rotatable bonds is 6. The van der Waals surface area contributed by atoms with E-state index in [0.29, 0.717) is 11.6 Å². The van der Waals surface area contributed by atoms with Gasteiger partial charge in [-0.3, -0.25) is 0 Å². The number of thiophene rings is 1. The molecule has 0 bridgehead atoms. The van der Waals surface area contributed by atoms with Crippen molar-refractivity contribution in [2.24, 2.45) is 0 Å². The minimum atomic E-state index is 0.605. The summed E-state index contributed by atoms with van der Waals surface area (Å²) in [6.07, 6.45) is 0. The molecule has 5 heteroatoms. The summed E-state index contributed by atoms with van der Waals surface area (Å²) in [6, 6.07) is 8.03. The Kier molecular flexibility index (Phi) is 5.70. The molecular formula is C14H15BrClNOS. The fourth-order valence-electron chi connectivity index (χ4n) is 1.72. The lowest BCUT2D eigenvalue weighted by Crippen LogP contribution is -2.20. The maximum Gasteiger partial charge on any atom is 0.140 e. The molecule has 2 rings (SSSR count). The zero-order chi connectivity index (χ0) is 13.7. The largest absolute Gasteiger partial charge is 0.490 e. The Morgan fingerprint density at radius 2 is 2.26 bits per heavy atom. The van der Waals surface area contributed by atoms with Crippen LogP contribution in [-0.2, 0) is 6.54 Å². The van der Waals surface area contributed by atoms with Crippen LogP contribution in [0.25, 0.3) is 0 Å². The second-order valence-corrected chi connectivity index (χ2v) is 6.49. The lowest BCUT2D eigenvalue weighted by molar-refractivity contribution is 0.312. The summed E-state index contributed by atoms with van der Waals surface area (Å²) < 4.78 is 6.70.